The maximum atomic E-state index is 11.4. The first-order valence-corrected chi connectivity index (χ1v) is 4.73. The summed E-state index contributed by atoms with van der Waals surface area (Å²) < 4.78 is 4.88. The van der Waals surface area contributed by atoms with E-state index in [0.29, 0.717) is 13.1 Å². The van der Waals surface area contributed by atoms with E-state index in [2.05, 4.69) is 5.32 Å². The van der Waals surface area contributed by atoms with Gasteiger partial charge in [0.2, 0.25) is 5.91 Å². The molecule has 0 aliphatic rings. The number of nitrogens with one attached hydrogen (secondary N) is 1. The molecule has 0 aliphatic carbocycles. The summed E-state index contributed by atoms with van der Waals surface area (Å²) in [5, 5.41) is 2.82. The summed E-state index contributed by atoms with van der Waals surface area (Å²) in [5.41, 5.74) is 6.33. The van der Waals surface area contributed by atoms with E-state index in [9.17, 15) is 4.79 Å². The second-order valence-electron chi connectivity index (χ2n) is 3.33. The van der Waals surface area contributed by atoms with Crippen molar-refractivity contribution >= 4 is 5.91 Å². The topological polar surface area (TPSA) is 68.3 Å². The number of amides is 1. The van der Waals surface area contributed by atoms with Crippen LogP contribution in [0, 0.1) is 5.92 Å². The Morgan fingerprint density at radius 1 is 1.71 bits per heavy atom. The van der Waals surface area contributed by atoms with Gasteiger partial charge in [-0.25, -0.2) is 0 Å². The zero-order chi connectivity index (χ0) is 10.4. The van der Waals surface area contributed by atoms with Gasteiger partial charge in [0.15, 0.2) is 0 Å². The predicted molar refractivity (Wildman–Crippen MR) is 53.4 cm³/mol. The molecule has 1 heterocycles. The molecule has 1 atom stereocenters. The second-order valence-corrected chi connectivity index (χ2v) is 3.33. The van der Waals surface area contributed by atoms with E-state index < -0.39 is 0 Å². The molecule has 0 fully saturated rings. The van der Waals surface area contributed by atoms with E-state index in [1.807, 2.05) is 13.0 Å². The Bertz CT molecular complexity index is 270. The molecular formula is C10H16N2O2. The number of nitrogens with two attached hydrogens (primary N) is 1. The van der Waals surface area contributed by atoms with Crippen LogP contribution in [0.3, 0.4) is 0 Å². The highest BCUT2D eigenvalue weighted by atomic mass is 16.3. The Balaban J connectivity index is 2.27. The Morgan fingerprint density at radius 3 is 3.07 bits per heavy atom. The highest BCUT2D eigenvalue weighted by Crippen LogP contribution is 2.02. The van der Waals surface area contributed by atoms with Gasteiger partial charge in [-0.05, 0) is 19.0 Å². The first-order chi connectivity index (χ1) is 6.74. The van der Waals surface area contributed by atoms with Crippen molar-refractivity contribution in [2.24, 2.45) is 11.7 Å². The molecule has 0 aromatic carbocycles. The highest BCUT2D eigenvalue weighted by Gasteiger charge is 2.10. The van der Waals surface area contributed by atoms with E-state index in [1.54, 1.807) is 12.5 Å². The van der Waals surface area contributed by atoms with Crippen molar-refractivity contribution < 1.29 is 9.21 Å². The highest BCUT2D eigenvalue weighted by molar-refractivity contribution is 5.78. The molecule has 14 heavy (non-hydrogen) atoms. The predicted octanol–water partition coefficient (Wildman–Crippen LogP) is 0.881. The van der Waals surface area contributed by atoms with Crippen LogP contribution in [0.4, 0.5) is 0 Å². The van der Waals surface area contributed by atoms with Crippen molar-refractivity contribution in [3.8, 4) is 0 Å². The van der Waals surface area contributed by atoms with Crippen LogP contribution in [0.15, 0.2) is 23.0 Å². The molecule has 1 aromatic heterocycles. The van der Waals surface area contributed by atoms with Gasteiger partial charge in [-0.2, -0.15) is 0 Å². The maximum absolute atomic E-state index is 11.4. The number of rotatable bonds is 5. The second kappa shape index (κ2) is 5.44. The van der Waals surface area contributed by atoms with Gasteiger partial charge in [0.05, 0.1) is 12.5 Å². The van der Waals surface area contributed by atoms with Gasteiger partial charge < -0.3 is 15.5 Å². The van der Waals surface area contributed by atoms with E-state index in [4.69, 9.17) is 10.2 Å². The summed E-state index contributed by atoms with van der Waals surface area (Å²) in [5.74, 6) is 0.0172. The molecule has 4 heteroatoms. The lowest BCUT2D eigenvalue weighted by molar-refractivity contribution is -0.124. The van der Waals surface area contributed by atoms with Crippen molar-refractivity contribution in [2.45, 2.75) is 19.9 Å². The normalized spacial score (nSPS) is 12.4. The maximum Gasteiger partial charge on any atom is 0.223 e. The summed E-state index contributed by atoms with van der Waals surface area (Å²) in [7, 11) is 0. The van der Waals surface area contributed by atoms with Crippen molar-refractivity contribution in [1.82, 2.24) is 5.32 Å². The molecule has 0 aliphatic heterocycles. The molecule has 0 radical (unpaired) electrons. The van der Waals surface area contributed by atoms with Crippen LogP contribution in [0.25, 0.3) is 0 Å². The Hall–Kier alpha value is -1.29. The van der Waals surface area contributed by atoms with Gasteiger partial charge in [0.25, 0.3) is 0 Å². The average molecular weight is 196 g/mol. The number of hydrogen-bond acceptors (Lipinski definition) is 3. The molecule has 0 saturated heterocycles. The van der Waals surface area contributed by atoms with E-state index >= 15 is 0 Å². The van der Waals surface area contributed by atoms with Gasteiger partial charge in [-0.1, -0.05) is 6.92 Å². The molecule has 4 nitrogen and oxygen atoms in total. The number of carbonyl (C=O) groups excluding carboxylic acids is 1. The third-order valence-corrected chi connectivity index (χ3v) is 2.09. The van der Waals surface area contributed by atoms with Crippen LogP contribution in [-0.4, -0.2) is 12.5 Å². The molecule has 3 N–H and O–H groups in total. The molecule has 1 rings (SSSR count). The summed E-state index contributed by atoms with van der Waals surface area (Å²) >= 11 is 0. The van der Waals surface area contributed by atoms with Gasteiger partial charge in [-0.3, -0.25) is 4.79 Å². The van der Waals surface area contributed by atoms with Crippen molar-refractivity contribution in [3.05, 3.63) is 24.2 Å². The fourth-order valence-electron chi connectivity index (χ4n) is 1.14. The summed E-state index contributed by atoms with van der Waals surface area (Å²) in [4.78, 5) is 11.4. The Morgan fingerprint density at radius 2 is 2.50 bits per heavy atom. The zero-order valence-corrected chi connectivity index (χ0v) is 8.32. The first-order valence-electron chi connectivity index (χ1n) is 4.73. The van der Waals surface area contributed by atoms with Gasteiger partial charge in [-0.15, -0.1) is 0 Å². The summed E-state index contributed by atoms with van der Waals surface area (Å²) in [6, 6.07) is 1.83. The lowest BCUT2D eigenvalue weighted by Crippen LogP contribution is -2.29. The minimum atomic E-state index is -0.0214. The molecular weight excluding hydrogens is 180 g/mol. The van der Waals surface area contributed by atoms with Crippen LogP contribution in [0.5, 0.6) is 0 Å². The fraction of sp³-hybridized carbons (Fsp3) is 0.500. The first kappa shape index (κ1) is 10.8. The van der Waals surface area contributed by atoms with Crippen molar-refractivity contribution in [2.75, 3.05) is 6.54 Å². The molecule has 78 valence electrons. The molecule has 0 spiro atoms. The van der Waals surface area contributed by atoms with Gasteiger partial charge >= 0.3 is 0 Å². The summed E-state index contributed by atoms with van der Waals surface area (Å²) in [6.07, 6.45) is 3.93. The van der Waals surface area contributed by atoms with Crippen LogP contribution >= 0.6 is 0 Å². The smallest absolute Gasteiger partial charge is 0.223 e. The number of hydrogen-bond donors (Lipinski definition) is 2. The number of carbonyl (C=O) groups is 1. The largest absolute Gasteiger partial charge is 0.472 e. The Labute approximate surface area is 83.5 Å². The van der Waals surface area contributed by atoms with E-state index in [-0.39, 0.29) is 11.8 Å². The fourth-order valence-corrected chi connectivity index (χ4v) is 1.14. The quantitative estimate of drug-likeness (QED) is 0.734. The third-order valence-electron chi connectivity index (χ3n) is 2.09. The van der Waals surface area contributed by atoms with E-state index in [1.165, 1.54) is 0 Å². The standard InChI is InChI=1S/C10H16N2O2/c1-8(2-4-11)10(13)12-6-9-3-5-14-7-9/h3,5,7-8H,2,4,6,11H2,1H3,(H,12,13). The van der Waals surface area contributed by atoms with E-state index in [0.717, 1.165) is 12.0 Å². The molecule has 1 aromatic rings. The molecule has 0 bridgehead atoms. The monoisotopic (exact) mass is 196 g/mol. The molecule has 1 amide bonds. The minimum absolute atomic E-state index is 0.0214. The van der Waals surface area contributed by atoms with Gasteiger partial charge in [0.1, 0.15) is 0 Å². The van der Waals surface area contributed by atoms with Crippen LogP contribution in [-0.2, 0) is 11.3 Å². The summed E-state index contributed by atoms with van der Waals surface area (Å²) in [6.45, 7) is 2.93. The zero-order valence-electron chi connectivity index (χ0n) is 8.32. The third kappa shape index (κ3) is 3.22. The SMILES string of the molecule is CC(CCN)C(=O)NCc1ccoc1. The van der Waals surface area contributed by atoms with Crippen molar-refractivity contribution in [3.63, 3.8) is 0 Å². The molecule has 0 saturated carbocycles. The van der Waals surface area contributed by atoms with Gasteiger partial charge in [0, 0.05) is 18.0 Å². The number of furan rings is 1. The average Bonchev–Trinajstić information content (AvgIpc) is 2.67. The lowest BCUT2D eigenvalue weighted by Gasteiger charge is -2.09. The van der Waals surface area contributed by atoms with Crippen LogP contribution in [0.1, 0.15) is 18.9 Å². The molecule has 1 unspecified atom stereocenters. The van der Waals surface area contributed by atoms with Crippen LogP contribution < -0.4 is 11.1 Å². The lowest BCUT2D eigenvalue weighted by atomic mass is 10.1. The van der Waals surface area contributed by atoms with Crippen LogP contribution in [0.2, 0.25) is 0 Å². The Kier molecular flexibility index (Phi) is 4.19. The van der Waals surface area contributed by atoms with Crippen molar-refractivity contribution in [1.29, 1.82) is 0 Å². The minimum Gasteiger partial charge on any atom is -0.472 e.